The molecule has 4 nitrogen and oxygen atoms in total. The summed E-state index contributed by atoms with van der Waals surface area (Å²) in [6.45, 7) is 10.9. The van der Waals surface area contributed by atoms with Gasteiger partial charge in [0, 0.05) is 12.8 Å². The average molecular weight is 300 g/mol. The third-order valence-electron chi connectivity index (χ3n) is 3.38. The lowest BCUT2D eigenvalue weighted by atomic mass is 10.1. The van der Waals surface area contributed by atoms with Gasteiger partial charge in [-0.3, -0.25) is 9.59 Å². The summed E-state index contributed by atoms with van der Waals surface area (Å²) in [5, 5.41) is 0. The first kappa shape index (κ1) is 19.9. The second kappa shape index (κ2) is 11.6. The number of ether oxygens (including phenoxy) is 2. The van der Waals surface area contributed by atoms with Gasteiger partial charge >= 0.3 is 11.9 Å². The van der Waals surface area contributed by atoms with E-state index in [1.807, 2.05) is 20.8 Å². The van der Waals surface area contributed by atoms with E-state index in [-0.39, 0.29) is 30.9 Å². The third-order valence-corrected chi connectivity index (χ3v) is 3.38. The summed E-state index contributed by atoms with van der Waals surface area (Å²) >= 11 is 0. The van der Waals surface area contributed by atoms with Crippen LogP contribution in [-0.4, -0.2) is 24.6 Å². The van der Waals surface area contributed by atoms with Crippen molar-refractivity contribution in [3.8, 4) is 0 Å². The van der Waals surface area contributed by atoms with Gasteiger partial charge in [0.15, 0.2) is 0 Å². The normalized spacial score (nSPS) is 12.5. The molecule has 0 aromatic rings. The Labute approximate surface area is 129 Å². The van der Waals surface area contributed by atoms with E-state index in [1.165, 1.54) is 0 Å². The van der Waals surface area contributed by atoms with Gasteiger partial charge in [-0.2, -0.15) is 0 Å². The molecule has 0 rings (SSSR count). The average Bonchev–Trinajstić information content (AvgIpc) is 2.40. The SMILES string of the molecule is CCC(OC(=O)CCCC(=O)OCCCC(C)C)C(C)C. The monoisotopic (exact) mass is 300 g/mol. The highest BCUT2D eigenvalue weighted by molar-refractivity contribution is 5.72. The van der Waals surface area contributed by atoms with E-state index in [1.54, 1.807) is 0 Å². The van der Waals surface area contributed by atoms with Gasteiger partial charge < -0.3 is 9.47 Å². The van der Waals surface area contributed by atoms with Crippen LogP contribution in [-0.2, 0) is 19.1 Å². The first-order valence-corrected chi connectivity index (χ1v) is 8.21. The molecule has 21 heavy (non-hydrogen) atoms. The predicted octanol–water partition coefficient (Wildman–Crippen LogP) is 4.11. The van der Waals surface area contributed by atoms with E-state index in [9.17, 15) is 9.59 Å². The fourth-order valence-corrected chi connectivity index (χ4v) is 2.05. The molecular weight excluding hydrogens is 268 g/mol. The summed E-state index contributed by atoms with van der Waals surface area (Å²) in [6.07, 6.45) is 3.82. The molecule has 0 aliphatic rings. The molecule has 0 N–H and O–H groups in total. The molecule has 0 saturated carbocycles. The van der Waals surface area contributed by atoms with E-state index in [4.69, 9.17) is 9.47 Å². The summed E-state index contributed by atoms with van der Waals surface area (Å²) in [5.41, 5.74) is 0. The Bertz CT molecular complexity index is 297. The van der Waals surface area contributed by atoms with Crippen molar-refractivity contribution in [3.63, 3.8) is 0 Å². The molecule has 0 aromatic heterocycles. The molecule has 0 aliphatic heterocycles. The second-order valence-corrected chi connectivity index (χ2v) is 6.29. The maximum Gasteiger partial charge on any atom is 0.306 e. The topological polar surface area (TPSA) is 52.6 Å². The van der Waals surface area contributed by atoms with Crippen molar-refractivity contribution in [3.05, 3.63) is 0 Å². The van der Waals surface area contributed by atoms with Gasteiger partial charge in [-0.25, -0.2) is 0 Å². The highest BCUT2D eigenvalue weighted by atomic mass is 16.5. The highest BCUT2D eigenvalue weighted by Gasteiger charge is 2.16. The number of carbonyl (C=O) groups excluding carboxylic acids is 2. The molecule has 4 heteroatoms. The molecule has 0 saturated heterocycles. The van der Waals surface area contributed by atoms with Crippen molar-refractivity contribution >= 4 is 11.9 Å². The van der Waals surface area contributed by atoms with E-state index in [0.717, 1.165) is 19.3 Å². The molecule has 0 amide bonds. The molecule has 1 atom stereocenters. The minimum absolute atomic E-state index is 0.0273. The molecule has 0 bridgehead atoms. The summed E-state index contributed by atoms with van der Waals surface area (Å²) in [7, 11) is 0. The maximum absolute atomic E-state index is 11.7. The Balaban J connectivity index is 3.68. The van der Waals surface area contributed by atoms with Gasteiger partial charge in [0.25, 0.3) is 0 Å². The van der Waals surface area contributed by atoms with Crippen molar-refractivity contribution in [1.82, 2.24) is 0 Å². The van der Waals surface area contributed by atoms with Crippen LogP contribution in [0.4, 0.5) is 0 Å². The number of rotatable bonds is 11. The highest BCUT2D eigenvalue weighted by Crippen LogP contribution is 2.12. The van der Waals surface area contributed by atoms with Gasteiger partial charge in [0.05, 0.1) is 6.61 Å². The lowest BCUT2D eigenvalue weighted by Gasteiger charge is -2.19. The van der Waals surface area contributed by atoms with Gasteiger partial charge in [-0.1, -0.05) is 34.6 Å². The Kier molecular flexibility index (Phi) is 11.0. The number of carbonyl (C=O) groups is 2. The van der Waals surface area contributed by atoms with Gasteiger partial charge in [0.1, 0.15) is 6.10 Å². The van der Waals surface area contributed by atoms with Crippen molar-refractivity contribution in [2.75, 3.05) is 6.61 Å². The molecule has 0 heterocycles. The van der Waals surface area contributed by atoms with Crippen molar-refractivity contribution in [2.24, 2.45) is 11.8 Å². The lowest BCUT2D eigenvalue weighted by Crippen LogP contribution is -2.22. The Morgan fingerprint density at radius 3 is 2.10 bits per heavy atom. The Hall–Kier alpha value is -1.06. The van der Waals surface area contributed by atoms with Crippen LogP contribution in [0.1, 0.15) is 73.1 Å². The summed E-state index contributed by atoms with van der Waals surface area (Å²) in [6, 6.07) is 0. The molecule has 0 spiro atoms. The maximum atomic E-state index is 11.7. The minimum atomic E-state index is -0.220. The number of hydrogen-bond donors (Lipinski definition) is 0. The fourth-order valence-electron chi connectivity index (χ4n) is 2.05. The number of esters is 2. The Morgan fingerprint density at radius 1 is 0.952 bits per heavy atom. The van der Waals surface area contributed by atoms with Crippen LogP contribution in [0.3, 0.4) is 0 Å². The second-order valence-electron chi connectivity index (χ2n) is 6.29. The van der Waals surface area contributed by atoms with Crippen LogP contribution in [0.2, 0.25) is 0 Å². The molecule has 1 unspecified atom stereocenters. The van der Waals surface area contributed by atoms with Gasteiger partial charge in [0.2, 0.25) is 0 Å². The first-order valence-electron chi connectivity index (χ1n) is 8.21. The first-order chi connectivity index (χ1) is 9.86. The summed E-state index contributed by atoms with van der Waals surface area (Å²) in [5.74, 6) is 0.515. The van der Waals surface area contributed by atoms with Gasteiger partial charge in [-0.05, 0) is 37.5 Å². The zero-order valence-electron chi connectivity index (χ0n) is 14.3. The van der Waals surface area contributed by atoms with E-state index < -0.39 is 0 Å². The van der Waals surface area contributed by atoms with E-state index >= 15 is 0 Å². The van der Waals surface area contributed by atoms with E-state index in [2.05, 4.69) is 13.8 Å². The molecule has 0 aromatic carbocycles. The lowest BCUT2D eigenvalue weighted by molar-refractivity contribution is -0.151. The smallest absolute Gasteiger partial charge is 0.306 e. The van der Waals surface area contributed by atoms with Crippen molar-refractivity contribution < 1.29 is 19.1 Å². The molecular formula is C17H32O4. The fraction of sp³-hybridized carbons (Fsp3) is 0.882. The standard InChI is InChI=1S/C17H32O4/c1-6-15(14(4)5)21-17(19)11-7-10-16(18)20-12-8-9-13(2)3/h13-15H,6-12H2,1-5H3. The third kappa shape index (κ3) is 11.3. The zero-order valence-corrected chi connectivity index (χ0v) is 14.3. The minimum Gasteiger partial charge on any atom is -0.466 e. The largest absolute Gasteiger partial charge is 0.466 e. The molecule has 124 valence electrons. The predicted molar refractivity (Wildman–Crippen MR) is 83.9 cm³/mol. The molecule has 0 fully saturated rings. The molecule has 0 aliphatic carbocycles. The zero-order chi connectivity index (χ0) is 16.3. The van der Waals surface area contributed by atoms with Crippen LogP contribution in [0, 0.1) is 11.8 Å². The quantitative estimate of drug-likeness (QED) is 0.425. The summed E-state index contributed by atoms with van der Waals surface area (Å²) < 4.78 is 10.5. The van der Waals surface area contributed by atoms with Gasteiger partial charge in [-0.15, -0.1) is 0 Å². The van der Waals surface area contributed by atoms with Crippen LogP contribution in [0.5, 0.6) is 0 Å². The van der Waals surface area contributed by atoms with Crippen molar-refractivity contribution in [2.45, 2.75) is 79.2 Å². The molecule has 0 radical (unpaired) electrons. The van der Waals surface area contributed by atoms with E-state index in [0.29, 0.717) is 24.9 Å². The van der Waals surface area contributed by atoms with Crippen molar-refractivity contribution in [1.29, 1.82) is 0 Å². The van der Waals surface area contributed by atoms with Crippen LogP contribution in [0.25, 0.3) is 0 Å². The Morgan fingerprint density at radius 2 is 1.57 bits per heavy atom. The van der Waals surface area contributed by atoms with Crippen LogP contribution >= 0.6 is 0 Å². The number of hydrogen-bond acceptors (Lipinski definition) is 4. The summed E-state index contributed by atoms with van der Waals surface area (Å²) in [4.78, 5) is 23.1. The van der Waals surface area contributed by atoms with Crippen LogP contribution in [0.15, 0.2) is 0 Å². The van der Waals surface area contributed by atoms with Crippen LogP contribution < -0.4 is 0 Å².